The topological polar surface area (TPSA) is 76.5 Å². The fourth-order valence-corrected chi connectivity index (χ4v) is 2.15. The molecule has 130 valence electrons. The molecular formula is C19H18FNO4. The van der Waals surface area contributed by atoms with Gasteiger partial charge in [0.2, 0.25) is 0 Å². The molecule has 0 aliphatic rings. The zero-order chi connectivity index (χ0) is 18.4. The number of halogens is 1. The van der Waals surface area contributed by atoms with Gasteiger partial charge in [-0.15, -0.1) is 0 Å². The smallest absolute Gasteiger partial charge is 0.316 e. The van der Waals surface area contributed by atoms with Gasteiger partial charge < -0.3 is 9.47 Å². The number of carbonyl (C=O) groups is 2. The normalized spacial score (nSPS) is 11.5. The second-order valence-corrected chi connectivity index (χ2v) is 5.43. The molecule has 2 aromatic carbocycles. The number of nitrogens with one attached hydrogen (secondary N) is 1. The van der Waals surface area contributed by atoms with Crippen molar-refractivity contribution in [1.29, 1.82) is 5.41 Å². The molecule has 2 aromatic rings. The van der Waals surface area contributed by atoms with Crippen LogP contribution in [0.3, 0.4) is 0 Å². The minimum Gasteiger partial charge on any atom is -0.489 e. The first kappa shape index (κ1) is 18.3. The summed E-state index contributed by atoms with van der Waals surface area (Å²) in [7, 11) is 1.19. The first-order valence-corrected chi connectivity index (χ1v) is 7.60. The number of carbonyl (C=O) groups excluding carboxylic acids is 2. The maximum Gasteiger partial charge on any atom is 0.316 e. The molecule has 1 N–H and O–H groups in total. The molecule has 0 amide bonds. The summed E-state index contributed by atoms with van der Waals surface area (Å²) in [6.45, 7) is 1.60. The second-order valence-electron chi connectivity index (χ2n) is 5.43. The number of methoxy groups -OCH3 is 1. The highest BCUT2D eigenvalue weighted by Crippen LogP contribution is 2.16. The van der Waals surface area contributed by atoms with Crippen molar-refractivity contribution in [2.75, 3.05) is 7.11 Å². The van der Waals surface area contributed by atoms with Gasteiger partial charge >= 0.3 is 5.97 Å². The number of ketones is 1. The van der Waals surface area contributed by atoms with E-state index in [9.17, 15) is 14.0 Å². The summed E-state index contributed by atoms with van der Waals surface area (Å²) >= 11 is 0. The Hall–Kier alpha value is -3.02. The van der Waals surface area contributed by atoms with Gasteiger partial charge in [-0.3, -0.25) is 15.0 Å². The molecule has 0 aromatic heterocycles. The quantitative estimate of drug-likeness (QED) is 0.476. The van der Waals surface area contributed by atoms with Crippen LogP contribution in [0, 0.1) is 17.1 Å². The van der Waals surface area contributed by atoms with Crippen molar-refractivity contribution in [2.24, 2.45) is 5.92 Å². The van der Waals surface area contributed by atoms with Crippen molar-refractivity contribution in [3.8, 4) is 5.75 Å². The van der Waals surface area contributed by atoms with Crippen LogP contribution < -0.4 is 4.74 Å². The minimum atomic E-state index is -1.03. The lowest BCUT2D eigenvalue weighted by Gasteiger charge is -2.10. The number of ether oxygens (including phenoxy) is 2. The lowest BCUT2D eigenvalue weighted by atomic mass is 9.97. The Bertz CT molecular complexity index is 786. The van der Waals surface area contributed by atoms with Crippen LogP contribution in [0.15, 0.2) is 48.5 Å². The van der Waals surface area contributed by atoms with Crippen LogP contribution in [0.2, 0.25) is 0 Å². The SMILES string of the molecule is COC(=O)C(C)C(=O)C(=N)c1ccc(OCc2cccc(F)c2)cc1. The molecule has 0 heterocycles. The Morgan fingerprint density at radius 2 is 1.84 bits per heavy atom. The van der Waals surface area contributed by atoms with Gasteiger partial charge in [0, 0.05) is 5.56 Å². The number of benzene rings is 2. The van der Waals surface area contributed by atoms with Gasteiger partial charge in [-0.05, 0) is 48.9 Å². The van der Waals surface area contributed by atoms with Gasteiger partial charge in [0.1, 0.15) is 29.8 Å². The van der Waals surface area contributed by atoms with E-state index in [1.165, 1.54) is 26.2 Å². The molecule has 0 radical (unpaired) electrons. The van der Waals surface area contributed by atoms with E-state index in [1.54, 1.807) is 36.4 Å². The van der Waals surface area contributed by atoms with E-state index in [1.807, 2.05) is 0 Å². The Balaban J connectivity index is 2.00. The van der Waals surface area contributed by atoms with Crippen LogP contribution in [-0.4, -0.2) is 24.6 Å². The van der Waals surface area contributed by atoms with Crippen molar-refractivity contribution in [1.82, 2.24) is 0 Å². The van der Waals surface area contributed by atoms with Gasteiger partial charge in [0.15, 0.2) is 5.78 Å². The molecule has 0 fully saturated rings. The maximum atomic E-state index is 13.1. The predicted molar refractivity (Wildman–Crippen MR) is 90.2 cm³/mol. The summed E-state index contributed by atoms with van der Waals surface area (Å²) in [5.41, 5.74) is 0.798. The first-order valence-electron chi connectivity index (χ1n) is 7.60. The molecule has 0 saturated heterocycles. The van der Waals surface area contributed by atoms with Crippen molar-refractivity contribution < 1.29 is 23.5 Å². The van der Waals surface area contributed by atoms with Crippen LogP contribution in [0.1, 0.15) is 18.1 Å². The molecule has 1 atom stereocenters. The maximum absolute atomic E-state index is 13.1. The van der Waals surface area contributed by atoms with Crippen molar-refractivity contribution >= 4 is 17.5 Å². The third kappa shape index (κ3) is 4.73. The van der Waals surface area contributed by atoms with Crippen LogP contribution in [0.4, 0.5) is 4.39 Å². The van der Waals surface area contributed by atoms with E-state index in [4.69, 9.17) is 10.1 Å². The molecule has 2 rings (SSSR count). The van der Waals surface area contributed by atoms with Gasteiger partial charge in [-0.2, -0.15) is 0 Å². The van der Waals surface area contributed by atoms with E-state index in [2.05, 4.69) is 4.74 Å². The molecule has 0 saturated carbocycles. The van der Waals surface area contributed by atoms with Crippen molar-refractivity contribution in [3.05, 3.63) is 65.5 Å². The van der Waals surface area contributed by atoms with E-state index < -0.39 is 17.7 Å². The zero-order valence-corrected chi connectivity index (χ0v) is 13.9. The highest BCUT2D eigenvalue weighted by molar-refractivity contribution is 6.47. The van der Waals surface area contributed by atoms with Gasteiger partial charge in [0.25, 0.3) is 0 Å². The zero-order valence-electron chi connectivity index (χ0n) is 13.9. The van der Waals surface area contributed by atoms with Crippen LogP contribution in [-0.2, 0) is 20.9 Å². The molecule has 1 unspecified atom stereocenters. The Labute approximate surface area is 144 Å². The van der Waals surface area contributed by atoms with Gasteiger partial charge in [-0.25, -0.2) is 4.39 Å². The monoisotopic (exact) mass is 343 g/mol. The third-order valence-electron chi connectivity index (χ3n) is 3.63. The lowest BCUT2D eigenvalue weighted by Crippen LogP contribution is -2.28. The summed E-state index contributed by atoms with van der Waals surface area (Å²) in [5.74, 6) is -2.12. The van der Waals surface area contributed by atoms with Gasteiger partial charge in [0.05, 0.1) is 7.11 Å². The summed E-state index contributed by atoms with van der Waals surface area (Å²) in [6, 6.07) is 12.4. The largest absolute Gasteiger partial charge is 0.489 e. The van der Waals surface area contributed by atoms with E-state index >= 15 is 0 Å². The highest BCUT2D eigenvalue weighted by Gasteiger charge is 2.26. The molecule has 0 aliphatic carbocycles. The first-order chi connectivity index (χ1) is 11.9. The standard InChI is InChI=1S/C19H18FNO4/c1-12(19(23)24-2)18(22)17(21)14-6-8-16(9-7-14)25-11-13-4-3-5-15(20)10-13/h3-10,12,21H,11H2,1-2H3. The van der Waals surface area contributed by atoms with E-state index in [0.29, 0.717) is 16.9 Å². The summed E-state index contributed by atoms with van der Waals surface area (Å²) in [4.78, 5) is 23.5. The van der Waals surface area contributed by atoms with Crippen molar-refractivity contribution in [3.63, 3.8) is 0 Å². The van der Waals surface area contributed by atoms with Crippen molar-refractivity contribution in [2.45, 2.75) is 13.5 Å². The summed E-state index contributed by atoms with van der Waals surface area (Å²) < 4.78 is 23.2. The Morgan fingerprint density at radius 1 is 1.16 bits per heavy atom. The third-order valence-corrected chi connectivity index (χ3v) is 3.63. The lowest BCUT2D eigenvalue weighted by molar-refractivity contribution is -0.147. The summed E-state index contributed by atoms with van der Waals surface area (Å²) in [6.07, 6.45) is 0. The van der Waals surface area contributed by atoms with Crippen LogP contribution in [0.5, 0.6) is 5.75 Å². The fourth-order valence-electron chi connectivity index (χ4n) is 2.15. The molecule has 25 heavy (non-hydrogen) atoms. The van der Waals surface area contributed by atoms with E-state index in [-0.39, 0.29) is 18.1 Å². The second kappa shape index (κ2) is 8.19. The molecular weight excluding hydrogens is 325 g/mol. The fraction of sp³-hybridized carbons (Fsp3) is 0.211. The van der Waals surface area contributed by atoms with Crippen LogP contribution in [0.25, 0.3) is 0 Å². The minimum absolute atomic E-state index is 0.201. The molecule has 0 aliphatic heterocycles. The molecule has 5 nitrogen and oxygen atoms in total. The highest BCUT2D eigenvalue weighted by atomic mass is 19.1. The van der Waals surface area contributed by atoms with Crippen LogP contribution >= 0.6 is 0 Å². The Morgan fingerprint density at radius 3 is 2.44 bits per heavy atom. The summed E-state index contributed by atoms with van der Waals surface area (Å²) in [5, 5.41) is 7.93. The number of hydrogen-bond acceptors (Lipinski definition) is 5. The molecule has 0 bridgehead atoms. The number of rotatable bonds is 7. The molecule has 6 heteroatoms. The number of Topliss-reactive ketones (excluding diaryl/α,β-unsaturated/α-hetero) is 1. The van der Waals surface area contributed by atoms with Gasteiger partial charge in [-0.1, -0.05) is 12.1 Å². The van der Waals surface area contributed by atoms with E-state index in [0.717, 1.165) is 0 Å². The average molecular weight is 343 g/mol. The Kier molecular flexibility index (Phi) is 6.00. The average Bonchev–Trinajstić information content (AvgIpc) is 2.64. The predicted octanol–water partition coefficient (Wildman–Crippen LogP) is 3.15. The number of hydrogen-bond donors (Lipinski definition) is 1. The number of esters is 1. The molecule has 0 spiro atoms.